The molecule has 0 aromatic heterocycles. The van der Waals surface area contributed by atoms with Gasteiger partial charge in [0.25, 0.3) is 0 Å². The Hall–Kier alpha value is -1.33. The van der Waals surface area contributed by atoms with E-state index in [4.69, 9.17) is 13.9 Å². The van der Waals surface area contributed by atoms with Crippen molar-refractivity contribution in [3.8, 4) is 5.75 Å². The fraction of sp³-hybridized carbons (Fsp3) is 0.720. The Kier molecular flexibility index (Phi) is 12.3. The molecular weight excluding hydrogens is 392 g/mol. The molecule has 1 rings (SSSR count). The smallest absolute Gasteiger partial charge is 0.308 e. The predicted molar refractivity (Wildman–Crippen MR) is 126 cm³/mol. The molecule has 0 bridgehead atoms. The minimum atomic E-state index is -1.04. The molecule has 5 heteroatoms. The first-order chi connectivity index (χ1) is 14.2. The van der Waals surface area contributed by atoms with Gasteiger partial charge in [-0.15, -0.1) is 0 Å². The average molecular weight is 436 g/mol. The number of benzene rings is 1. The number of methoxy groups -OCH3 is 1. The van der Waals surface area contributed by atoms with Gasteiger partial charge in [0.1, 0.15) is 5.75 Å². The van der Waals surface area contributed by atoms with Gasteiger partial charge in [0, 0.05) is 12.0 Å². The average Bonchev–Trinajstić information content (AvgIpc) is 2.68. The minimum Gasteiger partial charge on any atom is -0.496 e. The van der Waals surface area contributed by atoms with Crippen molar-refractivity contribution in [3.05, 3.63) is 29.3 Å². The molecule has 1 radical (unpaired) electrons. The largest absolute Gasteiger partial charge is 0.496 e. The van der Waals surface area contributed by atoms with Gasteiger partial charge in [-0.25, -0.2) is 0 Å². The van der Waals surface area contributed by atoms with Crippen molar-refractivity contribution < 1.29 is 18.7 Å². The molecule has 4 nitrogen and oxygen atoms in total. The highest BCUT2D eigenvalue weighted by atomic mass is 28.3. The molecule has 0 saturated heterocycles. The molecule has 171 valence electrons. The van der Waals surface area contributed by atoms with E-state index in [-0.39, 0.29) is 11.4 Å². The number of carbonyl (C=O) groups is 1. The highest BCUT2D eigenvalue weighted by Gasteiger charge is 2.24. The molecule has 0 aliphatic carbocycles. The maximum Gasteiger partial charge on any atom is 0.308 e. The summed E-state index contributed by atoms with van der Waals surface area (Å²) in [5.41, 5.74) is 1.92. The van der Waals surface area contributed by atoms with Crippen molar-refractivity contribution in [2.24, 2.45) is 0 Å². The van der Waals surface area contributed by atoms with E-state index >= 15 is 0 Å². The Morgan fingerprint density at radius 3 is 2.13 bits per heavy atom. The molecule has 0 saturated carbocycles. The van der Waals surface area contributed by atoms with Gasteiger partial charge >= 0.3 is 5.97 Å². The van der Waals surface area contributed by atoms with Gasteiger partial charge in [0.15, 0.2) is 0 Å². The monoisotopic (exact) mass is 435 g/mol. The Balaban J connectivity index is 2.64. The molecule has 30 heavy (non-hydrogen) atoms. The van der Waals surface area contributed by atoms with Crippen LogP contribution in [0.1, 0.15) is 103 Å². The fourth-order valence-electron chi connectivity index (χ4n) is 3.43. The van der Waals surface area contributed by atoms with Gasteiger partial charge < -0.3 is 13.9 Å². The van der Waals surface area contributed by atoms with Crippen LogP contribution in [0.25, 0.3) is 0 Å². The lowest BCUT2D eigenvalue weighted by Gasteiger charge is -2.25. The van der Waals surface area contributed by atoms with E-state index in [9.17, 15) is 4.79 Å². The third-order valence-corrected chi connectivity index (χ3v) is 5.81. The zero-order valence-corrected chi connectivity index (χ0v) is 21.3. The summed E-state index contributed by atoms with van der Waals surface area (Å²) < 4.78 is 17.4. The van der Waals surface area contributed by atoms with E-state index in [2.05, 4.69) is 33.8 Å². The molecule has 1 unspecified atom stereocenters. The molecule has 0 heterocycles. The van der Waals surface area contributed by atoms with Gasteiger partial charge in [0.2, 0.25) is 15.3 Å². The normalized spacial score (nSPS) is 12.8. The van der Waals surface area contributed by atoms with E-state index < -0.39 is 15.3 Å². The second-order valence-corrected chi connectivity index (χ2v) is 11.3. The second-order valence-electron chi connectivity index (χ2n) is 9.28. The Morgan fingerprint density at radius 1 is 1.00 bits per heavy atom. The van der Waals surface area contributed by atoms with Gasteiger partial charge in [-0.2, -0.15) is 0 Å². The van der Waals surface area contributed by atoms with Gasteiger partial charge in [-0.3, -0.25) is 4.79 Å². The van der Waals surface area contributed by atoms with Crippen molar-refractivity contribution in [1.82, 2.24) is 0 Å². The van der Waals surface area contributed by atoms with E-state index in [1.807, 2.05) is 25.2 Å². The Bertz CT molecular complexity index is 622. The summed E-state index contributed by atoms with van der Waals surface area (Å²) >= 11 is 0. The summed E-state index contributed by atoms with van der Waals surface area (Å²) in [6.07, 6.45) is 9.42. The topological polar surface area (TPSA) is 44.8 Å². The molecule has 0 amide bonds. The van der Waals surface area contributed by atoms with Gasteiger partial charge in [-0.1, -0.05) is 84.8 Å². The molecule has 0 fully saturated rings. The lowest BCUT2D eigenvalue weighted by atomic mass is 9.86. The maximum absolute atomic E-state index is 12.4. The number of ether oxygens (including phenoxy) is 2. The summed E-state index contributed by atoms with van der Waals surface area (Å²) in [5.74, 6) is 0.613. The molecule has 0 aliphatic rings. The number of carbonyl (C=O) groups excluding carboxylic acids is 1. The molecule has 1 aromatic carbocycles. The number of hydrogen-bond acceptors (Lipinski definition) is 4. The van der Waals surface area contributed by atoms with Crippen LogP contribution in [0.4, 0.5) is 0 Å². The summed E-state index contributed by atoms with van der Waals surface area (Å²) in [6.45, 7) is 12.8. The zero-order valence-electron chi connectivity index (χ0n) is 20.3. The SMILES string of the molecule is CCCCCCCCCCC(=O)OC(O[Si](C)C)c1ccc(C(C)(C)C)c(OC)c1. The number of unbranched alkanes of at least 4 members (excludes halogenated alkanes) is 7. The predicted octanol–water partition coefficient (Wildman–Crippen LogP) is 7.33. The van der Waals surface area contributed by atoms with Crippen LogP contribution in [0.5, 0.6) is 5.75 Å². The molecule has 0 aliphatic heterocycles. The molecule has 1 aromatic rings. The van der Waals surface area contributed by atoms with Gasteiger partial charge in [0.05, 0.1) is 7.11 Å². The van der Waals surface area contributed by atoms with Crippen molar-refractivity contribution in [1.29, 1.82) is 0 Å². The van der Waals surface area contributed by atoms with Crippen LogP contribution in [0.2, 0.25) is 13.1 Å². The lowest BCUT2D eigenvalue weighted by molar-refractivity contribution is -0.165. The van der Waals surface area contributed by atoms with Crippen molar-refractivity contribution >= 4 is 15.0 Å². The summed E-state index contributed by atoms with van der Waals surface area (Å²) in [6, 6.07) is 5.98. The fourth-order valence-corrected chi connectivity index (χ4v) is 4.04. The summed E-state index contributed by atoms with van der Waals surface area (Å²) in [4.78, 5) is 12.4. The first-order valence-electron chi connectivity index (χ1n) is 11.5. The van der Waals surface area contributed by atoms with Crippen LogP contribution in [0, 0.1) is 0 Å². The van der Waals surface area contributed by atoms with Crippen molar-refractivity contribution in [3.63, 3.8) is 0 Å². The quantitative estimate of drug-likeness (QED) is 0.133. The molecule has 0 spiro atoms. The molecule has 1 atom stereocenters. The van der Waals surface area contributed by atoms with E-state index in [0.717, 1.165) is 29.7 Å². The lowest BCUT2D eigenvalue weighted by Crippen LogP contribution is -2.20. The van der Waals surface area contributed by atoms with Crippen LogP contribution < -0.4 is 4.74 Å². The van der Waals surface area contributed by atoms with Crippen molar-refractivity contribution in [2.75, 3.05) is 7.11 Å². The van der Waals surface area contributed by atoms with Crippen LogP contribution in [0.15, 0.2) is 18.2 Å². The number of esters is 1. The van der Waals surface area contributed by atoms with Crippen molar-refractivity contribution in [2.45, 2.75) is 110 Å². The Morgan fingerprint density at radius 2 is 1.60 bits per heavy atom. The number of hydrogen-bond donors (Lipinski definition) is 0. The Labute approximate surface area is 186 Å². The van der Waals surface area contributed by atoms with Crippen LogP contribution in [-0.2, 0) is 19.4 Å². The molecule has 0 N–H and O–H groups in total. The summed E-state index contributed by atoms with van der Waals surface area (Å²) in [7, 11) is 0.634. The molecular formula is C25H43O4Si. The first-order valence-corrected chi connectivity index (χ1v) is 13.9. The standard InChI is InChI=1S/C25H43O4Si/c1-8-9-10-11-12-13-14-15-16-23(26)28-24(29-30(6)7)20-17-18-21(25(2,3)4)22(19-20)27-5/h17-19,24H,8-16H2,1-7H3. The van der Waals surface area contributed by atoms with Crippen LogP contribution in [0.3, 0.4) is 0 Å². The minimum absolute atomic E-state index is 0.0299. The van der Waals surface area contributed by atoms with E-state index in [1.165, 1.54) is 38.5 Å². The van der Waals surface area contributed by atoms with Crippen LogP contribution >= 0.6 is 0 Å². The van der Waals surface area contributed by atoms with E-state index in [0.29, 0.717) is 6.42 Å². The maximum atomic E-state index is 12.4. The third kappa shape index (κ3) is 10.1. The zero-order chi connectivity index (χ0) is 22.6. The number of rotatable bonds is 14. The van der Waals surface area contributed by atoms with E-state index in [1.54, 1.807) is 7.11 Å². The first kappa shape index (κ1) is 26.7. The highest BCUT2D eigenvalue weighted by molar-refractivity contribution is 6.48. The second kappa shape index (κ2) is 13.9. The highest BCUT2D eigenvalue weighted by Crippen LogP contribution is 2.34. The third-order valence-electron chi connectivity index (χ3n) is 5.12. The summed E-state index contributed by atoms with van der Waals surface area (Å²) in [5, 5.41) is 0. The van der Waals surface area contributed by atoms with Gasteiger partial charge in [-0.05, 0) is 36.6 Å². The van der Waals surface area contributed by atoms with Crippen LogP contribution in [-0.4, -0.2) is 22.1 Å².